The van der Waals surface area contributed by atoms with E-state index < -0.39 is 0 Å². The summed E-state index contributed by atoms with van der Waals surface area (Å²) in [4.78, 5) is 18.6. The zero-order chi connectivity index (χ0) is 18.5. The molecule has 2 aromatic carbocycles. The Labute approximate surface area is 155 Å². The van der Waals surface area contributed by atoms with Crippen LogP contribution in [0.25, 0.3) is 12.2 Å². The van der Waals surface area contributed by atoms with Crippen LogP contribution in [0.5, 0.6) is 17.2 Å². The third-order valence-electron chi connectivity index (χ3n) is 3.72. The van der Waals surface area contributed by atoms with Gasteiger partial charge >= 0.3 is 0 Å². The number of aryl methyl sites for hydroxylation is 1. The van der Waals surface area contributed by atoms with Gasteiger partial charge in [0.1, 0.15) is 17.3 Å². The average Bonchev–Trinajstić information content (AvgIpc) is 2.64. The van der Waals surface area contributed by atoms with Gasteiger partial charge in [0.25, 0.3) is 5.56 Å². The van der Waals surface area contributed by atoms with Gasteiger partial charge in [-0.3, -0.25) is 4.79 Å². The quantitative estimate of drug-likeness (QED) is 0.708. The zero-order valence-electron chi connectivity index (χ0n) is 14.3. The number of benzene rings is 2. The molecular formula is C20H17ClN2O3. The van der Waals surface area contributed by atoms with Crippen molar-refractivity contribution in [2.45, 2.75) is 6.92 Å². The summed E-state index contributed by atoms with van der Waals surface area (Å²) in [5.74, 6) is 1.95. The summed E-state index contributed by atoms with van der Waals surface area (Å²) in [6.07, 6.45) is 4.91. The Morgan fingerprint density at radius 2 is 1.88 bits per heavy atom. The van der Waals surface area contributed by atoms with Gasteiger partial charge < -0.3 is 14.5 Å². The highest BCUT2D eigenvalue weighted by molar-refractivity contribution is 6.30. The van der Waals surface area contributed by atoms with E-state index in [0.29, 0.717) is 22.3 Å². The first-order valence-corrected chi connectivity index (χ1v) is 8.29. The molecular weight excluding hydrogens is 352 g/mol. The predicted octanol–water partition coefficient (Wildman–Crippen LogP) is 4.70. The maximum absolute atomic E-state index is 11.8. The molecule has 0 amide bonds. The summed E-state index contributed by atoms with van der Waals surface area (Å²) in [6, 6.07) is 13.1. The highest BCUT2D eigenvalue weighted by Gasteiger charge is 2.06. The zero-order valence-corrected chi connectivity index (χ0v) is 15.1. The van der Waals surface area contributed by atoms with E-state index in [0.717, 1.165) is 11.1 Å². The van der Waals surface area contributed by atoms with Crippen molar-refractivity contribution in [1.29, 1.82) is 0 Å². The number of nitrogens with zero attached hydrogens (tertiary/aromatic N) is 1. The van der Waals surface area contributed by atoms with Crippen LogP contribution in [0.15, 0.2) is 53.5 Å². The molecule has 5 nitrogen and oxygen atoms in total. The van der Waals surface area contributed by atoms with Crippen molar-refractivity contribution < 1.29 is 9.47 Å². The second-order valence-corrected chi connectivity index (χ2v) is 5.99. The lowest BCUT2D eigenvalue weighted by Gasteiger charge is -2.11. The summed E-state index contributed by atoms with van der Waals surface area (Å²) in [7, 11) is 1.42. The molecule has 6 heteroatoms. The summed E-state index contributed by atoms with van der Waals surface area (Å²) < 4.78 is 10.9. The first-order valence-electron chi connectivity index (χ1n) is 7.91. The average molecular weight is 369 g/mol. The topological polar surface area (TPSA) is 64.2 Å². The monoisotopic (exact) mass is 368 g/mol. The van der Waals surface area contributed by atoms with Gasteiger partial charge in [0.2, 0.25) is 5.75 Å². The van der Waals surface area contributed by atoms with Crippen LogP contribution in [0.3, 0.4) is 0 Å². The molecule has 0 aliphatic carbocycles. The number of aromatic nitrogens is 2. The molecule has 3 aromatic rings. The fourth-order valence-electron chi connectivity index (χ4n) is 2.31. The Morgan fingerprint density at radius 1 is 1.08 bits per heavy atom. The van der Waals surface area contributed by atoms with Crippen molar-refractivity contribution in [3.63, 3.8) is 0 Å². The fraction of sp³-hybridized carbons (Fsp3) is 0.100. The van der Waals surface area contributed by atoms with Crippen LogP contribution in [0.4, 0.5) is 0 Å². The lowest BCUT2D eigenvalue weighted by atomic mass is 10.1. The molecule has 1 aromatic heterocycles. The molecule has 0 saturated carbocycles. The van der Waals surface area contributed by atoms with Crippen LogP contribution >= 0.6 is 11.6 Å². The number of hydrogen-bond donors (Lipinski definition) is 1. The number of para-hydroxylation sites is 1. The Kier molecular flexibility index (Phi) is 5.39. The molecule has 0 spiro atoms. The third-order valence-corrected chi connectivity index (χ3v) is 3.95. The highest BCUT2D eigenvalue weighted by Crippen LogP contribution is 2.30. The number of methoxy groups -OCH3 is 1. The van der Waals surface area contributed by atoms with Gasteiger partial charge in [-0.2, -0.15) is 0 Å². The number of nitrogens with one attached hydrogen (secondary N) is 1. The number of rotatable bonds is 5. The normalized spacial score (nSPS) is 10.9. The smallest absolute Gasteiger partial charge is 0.293 e. The van der Waals surface area contributed by atoms with E-state index in [1.807, 2.05) is 49.4 Å². The predicted molar refractivity (Wildman–Crippen MR) is 103 cm³/mol. The number of ether oxygens (including phenoxy) is 2. The van der Waals surface area contributed by atoms with Crippen LogP contribution < -0.4 is 15.0 Å². The standard InChI is InChI=1S/C20H17ClN2O3/c1-13-7-9-15(21)11-17(13)26-16-6-4-3-5-14(16)8-10-19-22-12-18(25-2)20(24)23-19/h3-12H,1-2H3,(H,22,23,24)/b10-8+. The third kappa shape index (κ3) is 4.13. The van der Waals surface area contributed by atoms with Crippen LogP contribution in [0.1, 0.15) is 17.0 Å². The highest BCUT2D eigenvalue weighted by atomic mass is 35.5. The summed E-state index contributed by atoms with van der Waals surface area (Å²) >= 11 is 6.06. The largest absolute Gasteiger partial charge is 0.490 e. The Morgan fingerprint density at radius 3 is 2.65 bits per heavy atom. The fourth-order valence-corrected chi connectivity index (χ4v) is 2.47. The second kappa shape index (κ2) is 7.89. The van der Waals surface area contributed by atoms with E-state index in [4.69, 9.17) is 21.1 Å². The Hall–Kier alpha value is -3.05. The minimum Gasteiger partial charge on any atom is -0.490 e. The Balaban J connectivity index is 1.88. The van der Waals surface area contributed by atoms with Gasteiger partial charge in [-0.05, 0) is 42.8 Å². The molecule has 1 N–H and O–H groups in total. The molecule has 0 atom stereocenters. The van der Waals surface area contributed by atoms with Crippen molar-refractivity contribution in [2.24, 2.45) is 0 Å². The molecule has 26 heavy (non-hydrogen) atoms. The van der Waals surface area contributed by atoms with Crippen molar-refractivity contribution >= 4 is 23.8 Å². The molecule has 0 saturated heterocycles. The number of hydrogen-bond acceptors (Lipinski definition) is 4. The van der Waals surface area contributed by atoms with Gasteiger partial charge in [0, 0.05) is 10.6 Å². The minimum absolute atomic E-state index is 0.169. The van der Waals surface area contributed by atoms with E-state index in [2.05, 4.69) is 9.97 Å². The van der Waals surface area contributed by atoms with E-state index in [9.17, 15) is 4.79 Å². The van der Waals surface area contributed by atoms with Crippen molar-refractivity contribution in [1.82, 2.24) is 9.97 Å². The van der Waals surface area contributed by atoms with Crippen LogP contribution in [-0.2, 0) is 0 Å². The molecule has 0 unspecified atom stereocenters. The summed E-state index contributed by atoms with van der Waals surface area (Å²) in [5, 5.41) is 0.610. The van der Waals surface area contributed by atoms with Gasteiger partial charge in [-0.15, -0.1) is 0 Å². The van der Waals surface area contributed by atoms with Gasteiger partial charge in [-0.1, -0.05) is 35.9 Å². The van der Waals surface area contributed by atoms with Crippen molar-refractivity contribution in [3.05, 3.63) is 81.0 Å². The van der Waals surface area contributed by atoms with Gasteiger partial charge in [-0.25, -0.2) is 4.98 Å². The number of halogens is 1. The lowest BCUT2D eigenvalue weighted by Crippen LogP contribution is -2.11. The SMILES string of the molecule is COc1cnc(/C=C/c2ccccc2Oc2cc(Cl)ccc2C)[nH]c1=O. The van der Waals surface area contributed by atoms with E-state index in [1.54, 1.807) is 12.1 Å². The molecule has 0 bridgehead atoms. The Bertz CT molecular complexity index is 1010. The molecule has 132 valence electrons. The van der Waals surface area contributed by atoms with Crippen molar-refractivity contribution in [3.8, 4) is 17.2 Å². The van der Waals surface area contributed by atoms with E-state index in [1.165, 1.54) is 13.3 Å². The molecule has 1 heterocycles. The maximum atomic E-state index is 11.8. The molecule has 0 aliphatic heterocycles. The van der Waals surface area contributed by atoms with Crippen LogP contribution in [0, 0.1) is 6.92 Å². The van der Waals surface area contributed by atoms with E-state index in [-0.39, 0.29) is 11.3 Å². The van der Waals surface area contributed by atoms with Crippen LogP contribution in [0.2, 0.25) is 5.02 Å². The summed E-state index contributed by atoms with van der Waals surface area (Å²) in [5.41, 5.74) is 1.49. The van der Waals surface area contributed by atoms with E-state index >= 15 is 0 Å². The molecule has 3 rings (SSSR count). The minimum atomic E-state index is -0.332. The molecule has 0 radical (unpaired) electrons. The maximum Gasteiger partial charge on any atom is 0.293 e. The number of H-pyrrole nitrogens is 1. The summed E-state index contributed by atoms with van der Waals surface area (Å²) in [6.45, 7) is 1.95. The lowest BCUT2D eigenvalue weighted by molar-refractivity contribution is 0.406. The van der Waals surface area contributed by atoms with Gasteiger partial charge in [0.15, 0.2) is 0 Å². The molecule has 0 aliphatic rings. The number of aromatic amines is 1. The first-order chi connectivity index (χ1) is 12.6. The van der Waals surface area contributed by atoms with Gasteiger partial charge in [0.05, 0.1) is 13.3 Å². The molecule has 0 fully saturated rings. The van der Waals surface area contributed by atoms with Crippen LogP contribution in [-0.4, -0.2) is 17.1 Å². The van der Waals surface area contributed by atoms with Crippen molar-refractivity contribution in [2.75, 3.05) is 7.11 Å². The second-order valence-electron chi connectivity index (χ2n) is 5.55. The first kappa shape index (κ1) is 17.8.